The van der Waals surface area contributed by atoms with Crippen LogP contribution in [0, 0.1) is 0 Å². The number of aryl methyl sites for hydroxylation is 1. The maximum atomic E-state index is 12.6. The number of rotatable bonds is 3. The highest BCUT2D eigenvalue weighted by molar-refractivity contribution is 5.92. The van der Waals surface area contributed by atoms with Crippen molar-refractivity contribution in [1.29, 1.82) is 0 Å². The van der Waals surface area contributed by atoms with Crippen LogP contribution in [0.4, 0.5) is 0 Å². The second-order valence-corrected chi connectivity index (χ2v) is 6.17. The second kappa shape index (κ2) is 6.10. The van der Waals surface area contributed by atoms with Crippen molar-refractivity contribution < 1.29 is 9.32 Å². The molecule has 8 nitrogen and oxygen atoms in total. The quantitative estimate of drug-likeness (QED) is 0.802. The fraction of sp³-hybridized carbons (Fsp3) is 0.500. The Morgan fingerprint density at radius 2 is 1.96 bits per heavy atom. The Kier molecular flexibility index (Phi) is 4.13. The highest BCUT2D eigenvalue weighted by Crippen LogP contribution is 2.25. The van der Waals surface area contributed by atoms with Crippen LogP contribution in [0.3, 0.4) is 0 Å². The van der Waals surface area contributed by atoms with E-state index in [1.807, 2.05) is 0 Å². The molecule has 0 radical (unpaired) electrons. The normalized spacial score (nSPS) is 13.6. The maximum Gasteiger partial charge on any atom is 0.331 e. The lowest BCUT2D eigenvalue weighted by molar-refractivity contribution is 0.0770. The van der Waals surface area contributed by atoms with Gasteiger partial charge in [0.2, 0.25) is 0 Å². The summed E-state index contributed by atoms with van der Waals surface area (Å²) >= 11 is 0. The standard InChI is InChI=1S/C16H20N4O4/c1-18(9-11-10-6-4-5-7-13(10)24-17-11)15(22)12-8-14(21)20(3)16(23)19(12)2/h8H,4-7,9H2,1-3H3. The van der Waals surface area contributed by atoms with E-state index in [-0.39, 0.29) is 12.2 Å². The van der Waals surface area contributed by atoms with E-state index in [9.17, 15) is 14.4 Å². The van der Waals surface area contributed by atoms with Gasteiger partial charge < -0.3 is 9.42 Å². The Hall–Kier alpha value is -2.64. The fourth-order valence-electron chi connectivity index (χ4n) is 3.00. The molecule has 1 aliphatic carbocycles. The minimum Gasteiger partial charge on any atom is -0.361 e. The first-order chi connectivity index (χ1) is 11.4. The summed E-state index contributed by atoms with van der Waals surface area (Å²) in [7, 11) is 4.47. The molecule has 0 spiro atoms. The summed E-state index contributed by atoms with van der Waals surface area (Å²) in [6, 6.07) is 1.18. The average molecular weight is 332 g/mol. The van der Waals surface area contributed by atoms with Crippen molar-refractivity contribution in [2.75, 3.05) is 7.05 Å². The number of carbonyl (C=O) groups is 1. The molecule has 1 aliphatic rings. The molecule has 0 bridgehead atoms. The van der Waals surface area contributed by atoms with Gasteiger partial charge in [-0.2, -0.15) is 0 Å². The van der Waals surface area contributed by atoms with Crippen LogP contribution in [0.25, 0.3) is 0 Å². The molecular weight excluding hydrogens is 312 g/mol. The first-order valence-corrected chi connectivity index (χ1v) is 7.89. The summed E-state index contributed by atoms with van der Waals surface area (Å²) in [5.41, 5.74) is 0.850. The summed E-state index contributed by atoms with van der Waals surface area (Å²) in [5.74, 6) is 0.498. The number of fused-ring (bicyclic) bond motifs is 1. The highest BCUT2D eigenvalue weighted by atomic mass is 16.5. The van der Waals surface area contributed by atoms with Crippen molar-refractivity contribution >= 4 is 5.91 Å². The molecule has 128 valence electrons. The molecule has 8 heteroatoms. The summed E-state index contributed by atoms with van der Waals surface area (Å²) in [5, 5.41) is 4.08. The Labute approximate surface area is 138 Å². The van der Waals surface area contributed by atoms with E-state index < -0.39 is 17.2 Å². The number of hydrogen-bond donors (Lipinski definition) is 0. The molecule has 3 rings (SSSR count). The molecule has 0 N–H and O–H groups in total. The third-order valence-corrected chi connectivity index (χ3v) is 4.51. The van der Waals surface area contributed by atoms with Gasteiger partial charge in [0.1, 0.15) is 17.1 Å². The minimum absolute atomic E-state index is 0.0583. The van der Waals surface area contributed by atoms with Crippen LogP contribution in [-0.2, 0) is 33.5 Å². The van der Waals surface area contributed by atoms with Gasteiger partial charge in [-0.3, -0.25) is 18.7 Å². The van der Waals surface area contributed by atoms with Gasteiger partial charge in [-0.25, -0.2) is 4.79 Å². The van der Waals surface area contributed by atoms with Crippen molar-refractivity contribution in [1.82, 2.24) is 19.2 Å². The number of amides is 1. The molecular formula is C16H20N4O4. The molecule has 2 aromatic rings. The van der Waals surface area contributed by atoms with Crippen LogP contribution in [0.15, 0.2) is 20.2 Å². The Morgan fingerprint density at radius 3 is 2.71 bits per heavy atom. The Bertz CT molecular complexity index is 906. The molecule has 2 heterocycles. The van der Waals surface area contributed by atoms with Crippen molar-refractivity contribution in [3.8, 4) is 0 Å². The summed E-state index contributed by atoms with van der Waals surface area (Å²) < 4.78 is 7.50. The van der Waals surface area contributed by atoms with E-state index in [0.29, 0.717) is 0 Å². The zero-order chi connectivity index (χ0) is 17.4. The van der Waals surface area contributed by atoms with Gasteiger partial charge in [0.25, 0.3) is 11.5 Å². The number of aromatic nitrogens is 3. The monoisotopic (exact) mass is 332 g/mol. The lowest BCUT2D eigenvalue weighted by atomic mass is 9.96. The van der Waals surface area contributed by atoms with Crippen LogP contribution in [-0.4, -0.2) is 32.1 Å². The lowest BCUT2D eigenvalue weighted by Crippen LogP contribution is -2.41. The van der Waals surface area contributed by atoms with Crippen molar-refractivity contribution in [3.05, 3.63) is 49.6 Å². The Morgan fingerprint density at radius 1 is 1.25 bits per heavy atom. The predicted molar refractivity (Wildman–Crippen MR) is 85.9 cm³/mol. The topological polar surface area (TPSA) is 90.3 Å². The van der Waals surface area contributed by atoms with Crippen LogP contribution in [0.1, 0.15) is 40.3 Å². The molecule has 1 amide bonds. The highest BCUT2D eigenvalue weighted by Gasteiger charge is 2.23. The van der Waals surface area contributed by atoms with Crippen molar-refractivity contribution in [2.45, 2.75) is 32.2 Å². The number of carbonyl (C=O) groups excluding carboxylic acids is 1. The van der Waals surface area contributed by atoms with Crippen LogP contribution in [0.5, 0.6) is 0 Å². The van der Waals surface area contributed by atoms with E-state index in [4.69, 9.17) is 4.52 Å². The fourth-order valence-corrected chi connectivity index (χ4v) is 3.00. The van der Waals surface area contributed by atoms with E-state index in [1.165, 1.54) is 29.6 Å². The van der Waals surface area contributed by atoms with E-state index in [1.54, 1.807) is 7.05 Å². The minimum atomic E-state index is -0.530. The third-order valence-electron chi connectivity index (χ3n) is 4.51. The predicted octanol–water partition coefficient (Wildman–Crippen LogP) is 0.223. The molecule has 0 unspecified atom stereocenters. The summed E-state index contributed by atoms with van der Waals surface area (Å²) in [6.45, 7) is 0.279. The van der Waals surface area contributed by atoms with Gasteiger partial charge in [0.05, 0.1) is 6.54 Å². The SMILES string of the molecule is CN(Cc1noc2c1CCCC2)C(=O)c1cc(=O)n(C)c(=O)n1C. The van der Waals surface area contributed by atoms with Crippen LogP contribution >= 0.6 is 0 Å². The van der Waals surface area contributed by atoms with E-state index in [0.717, 1.165) is 47.3 Å². The lowest BCUT2D eigenvalue weighted by Gasteiger charge is -2.18. The molecule has 2 aromatic heterocycles. The second-order valence-electron chi connectivity index (χ2n) is 6.17. The smallest absolute Gasteiger partial charge is 0.331 e. The van der Waals surface area contributed by atoms with E-state index in [2.05, 4.69) is 5.16 Å². The summed E-state index contributed by atoms with van der Waals surface area (Å²) in [6.07, 6.45) is 3.96. The summed E-state index contributed by atoms with van der Waals surface area (Å²) in [4.78, 5) is 37.9. The first-order valence-electron chi connectivity index (χ1n) is 7.89. The molecule has 0 aromatic carbocycles. The van der Waals surface area contributed by atoms with Gasteiger partial charge >= 0.3 is 5.69 Å². The molecule has 24 heavy (non-hydrogen) atoms. The van der Waals surface area contributed by atoms with E-state index >= 15 is 0 Å². The molecule has 0 fully saturated rings. The molecule has 0 aliphatic heterocycles. The largest absolute Gasteiger partial charge is 0.361 e. The first kappa shape index (κ1) is 16.2. The van der Waals surface area contributed by atoms with Crippen molar-refractivity contribution in [3.63, 3.8) is 0 Å². The van der Waals surface area contributed by atoms with Crippen molar-refractivity contribution in [2.24, 2.45) is 14.1 Å². The maximum absolute atomic E-state index is 12.6. The Balaban J connectivity index is 1.87. The van der Waals surface area contributed by atoms with Gasteiger partial charge in [-0.05, 0) is 19.3 Å². The van der Waals surface area contributed by atoms with Gasteiger partial charge in [-0.1, -0.05) is 5.16 Å². The molecule has 0 atom stereocenters. The average Bonchev–Trinajstić information content (AvgIpc) is 2.98. The van der Waals surface area contributed by atoms with Gasteiger partial charge in [0, 0.05) is 39.2 Å². The van der Waals surface area contributed by atoms with Gasteiger partial charge in [-0.15, -0.1) is 0 Å². The number of nitrogens with zero attached hydrogens (tertiary/aromatic N) is 4. The van der Waals surface area contributed by atoms with Crippen LogP contribution in [0.2, 0.25) is 0 Å². The molecule has 0 saturated heterocycles. The third kappa shape index (κ3) is 2.68. The number of hydrogen-bond acceptors (Lipinski definition) is 5. The van der Waals surface area contributed by atoms with Gasteiger partial charge in [0.15, 0.2) is 0 Å². The molecule has 0 saturated carbocycles. The van der Waals surface area contributed by atoms with Crippen LogP contribution < -0.4 is 11.2 Å². The zero-order valence-electron chi connectivity index (χ0n) is 14.0. The zero-order valence-corrected chi connectivity index (χ0v) is 14.0.